The van der Waals surface area contributed by atoms with E-state index in [1.54, 1.807) is 13.8 Å². The lowest BCUT2D eigenvalue weighted by atomic mass is 10.2. The zero-order valence-electron chi connectivity index (χ0n) is 8.57. The fraction of sp³-hybridized carbons (Fsp3) is 0.300. The Kier molecular flexibility index (Phi) is 3.62. The summed E-state index contributed by atoms with van der Waals surface area (Å²) in [6, 6.07) is 1.71. The molecule has 1 amide bonds. The van der Waals surface area contributed by atoms with Gasteiger partial charge < -0.3 is 5.32 Å². The van der Waals surface area contributed by atoms with Crippen molar-refractivity contribution < 1.29 is 18.0 Å². The number of anilines is 1. The number of hydrogen-bond donors (Lipinski definition) is 1. The molecule has 6 heteroatoms. The summed E-state index contributed by atoms with van der Waals surface area (Å²) in [5.41, 5.74) is -0.392. The van der Waals surface area contributed by atoms with E-state index in [1.165, 1.54) is 0 Å². The van der Waals surface area contributed by atoms with Crippen LogP contribution in [-0.2, 0) is 4.79 Å². The molecule has 0 aromatic heterocycles. The Morgan fingerprint density at radius 2 is 1.81 bits per heavy atom. The smallest absolute Gasteiger partial charge is 0.240 e. The summed E-state index contributed by atoms with van der Waals surface area (Å²) in [5, 5.41) is 2.15. The molecule has 16 heavy (non-hydrogen) atoms. The maximum absolute atomic E-state index is 13.2. The molecule has 2 nitrogen and oxygen atoms in total. The first-order valence-corrected chi connectivity index (χ1v) is 5.16. The Morgan fingerprint density at radius 1 is 1.25 bits per heavy atom. The van der Waals surface area contributed by atoms with Crippen molar-refractivity contribution in [1.29, 1.82) is 0 Å². The van der Waals surface area contributed by atoms with E-state index in [4.69, 9.17) is 0 Å². The highest BCUT2D eigenvalue weighted by atomic mass is 79.9. The molecule has 0 aliphatic carbocycles. The van der Waals surface area contributed by atoms with Crippen LogP contribution in [0.15, 0.2) is 12.1 Å². The van der Waals surface area contributed by atoms with Crippen molar-refractivity contribution in [2.75, 3.05) is 5.32 Å². The highest BCUT2D eigenvalue weighted by Crippen LogP contribution is 2.23. The average molecular weight is 296 g/mol. The summed E-state index contributed by atoms with van der Waals surface area (Å²) in [6.45, 7) is 3.08. The van der Waals surface area contributed by atoms with Gasteiger partial charge in [0.25, 0.3) is 0 Å². The molecule has 0 radical (unpaired) electrons. The van der Waals surface area contributed by atoms with Crippen molar-refractivity contribution in [1.82, 2.24) is 0 Å². The summed E-state index contributed by atoms with van der Waals surface area (Å²) in [4.78, 5) is 11.4. The van der Waals surface area contributed by atoms with Crippen LogP contribution in [-0.4, -0.2) is 10.2 Å². The summed E-state index contributed by atoms with van der Waals surface area (Å²) >= 11 is 3.06. The first kappa shape index (κ1) is 13.0. The van der Waals surface area contributed by atoms with Crippen molar-refractivity contribution in [3.8, 4) is 0 Å². The Bertz CT molecular complexity index is 429. The monoisotopic (exact) mass is 295 g/mol. The van der Waals surface area contributed by atoms with Gasteiger partial charge in [0.05, 0.1) is 10.0 Å². The highest BCUT2D eigenvalue weighted by molar-refractivity contribution is 9.10. The molecule has 0 heterocycles. The van der Waals surface area contributed by atoms with E-state index in [0.717, 1.165) is 12.1 Å². The van der Waals surface area contributed by atoms with Crippen molar-refractivity contribution in [3.05, 3.63) is 29.6 Å². The minimum absolute atomic E-state index is 0.392. The zero-order chi connectivity index (χ0) is 12.5. The third-order valence-electron chi connectivity index (χ3n) is 1.82. The molecular weight excluding hydrogens is 287 g/mol. The van der Waals surface area contributed by atoms with Gasteiger partial charge in [0, 0.05) is 0 Å². The van der Waals surface area contributed by atoms with Crippen molar-refractivity contribution >= 4 is 27.5 Å². The van der Waals surface area contributed by atoms with Crippen LogP contribution >= 0.6 is 15.9 Å². The van der Waals surface area contributed by atoms with Crippen LogP contribution in [0.3, 0.4) is 0 Å². The van der Waals surface area contributed by atoms with Gasteiger partial charge >= 0.3 is 0 Å². The van der Waals surface area contributed by atoms with Crippen molar-refractivity contribution in [3.63, 3.8) is 0 Å². The van der Waals surface area contributed by atoms with E-state index in [2.05, 4.69) is 21.2 Å². The number of carbonyl (C=O) groups excluding carboxylic acids is 1. The molecule has 0 saturated heterocycles. The van der Waals surface area contributed by atoms with Crippen molar-refractivity contribution in [2.45, 2.75) is 18.2 Å². The van der Waals surface area contributed by atoms with Crippen LogP contribution in [0.5, 0.6) is 0 Å². The maximum Gasteiger partial charge on any atom is 0.240 e. The number of amides is 1. The second-order valence-corrected chi connectivity index (χ2v) is 5.63. The topological polar surface area (TPSA) is 29.1 Å². The summed E-state index contributed by atoms with van der Waals surface area (Å²) in [6.07, 6.45) is 0. The van der Waals surface area contributed by atoms with Crippen LogP contribution in [0, 0.1) is 17.5 Å². The standard InChI is InChI=1S/C10H9BrF3NO/c1-10(2,11)9(16)15-6-4-3-5(12)7(13)8(6)14/h3-4H,1-2H3,(H,15,16). The van der Waals surface area contributed by atoms with E-state index >= 15 is 0 Å². The minimum Gasteiger partial charge on any atom is -0.322 e. The van der Waals surface area contributed by atoms with E-state index < -0.39 is 33.4 Å². The molecule has 1 N–H and O–H groups in total. The predicted molar refractivity (Wildman–Crippen MR) is 58.0 cm³/mol. The molecule has 0 saturated carbocycles. The lowest BCUT2D eigenvalue weighted by Gasteiger charge is -2.16. The Balaban J connectivity index is 3.00. The lowest BCUT2D eigenvalue weighted by Crippen LogP contribution is -2.31. The molecule has 0 aliphatic heterocycles. The first-order valence-electron chi connectivity index (χ1n) is 4.37. The normalized spacial score (nSPS) is 11.4. The molecule has 1 rings (SSSR count). The quantitative estimate of drug-likeness (QED) is 0.659. The fourth-order valence-corrected chi connectivity index (χ4v) is 0.993. The first-order chi connectivity index (χ1) is 7.23. The molecule has 0 bridgehead atoms. The molecule has 0 fully saturated rings. The van der Waals surface area contributed by atoms with Crippen LogP contribution in [0.1, 0.15) is 13.8 Å². The van der Waals surface area contributed by atoms with Gasteiger partial charge in [0.2, 0.25) is 5.91 Å². The van der Waals surface area contributed by atoms with Gasteiger partial charge in [-0.05, 0) is 26.0 Å². The summed E-state index contributed by atoms with van der Waals surface area (Å²) < 4.78 is 37.7. The number of alkyl halides is 1. The molecular formula is C10H9BrF3NO. The lowest BCUT2D eigenvalue weighted by molar-refractivity contribution is -0.117. The van der Waals surface area contributed by atoms with Crippen molar-refractivity contribution in [2.24, 2.45) is 0 Å². The second kappa shape index (κ2) is 4.45. The minimum atomic E-state index is -1.61. The van der Waals surface area contributed by atoms with E-state index in [9.17, 15) is 18.0 Å². The Morgan fingerprint density at radius 3 is 2.31 bits per heavy atom. The number of hydrogen-bond acceptors (Lipinski definition) is 1. The number of carbonyl (C=O) groups is 1. The van der Waals surface area contributed by atoms with Crippen LogP contribution in [0.2, 0.25) is 0 Å². The van der Waals surface area contributed by atoms with E-state index in [-0.39, 0.29) is 0 Å². The van der Waals surface area contributed by atoms with Crippen LogP contribution in [0.25, 0.3) is 0 Å². The van der Waals surface area contributed by atoms with Gasteiger partial charge in [-0.3, -0.25) is 4.79 Å². The van der Waals surface area contributed by atoms with E-state index in [0.29, 0.717) is 0 Å². The predicted octanol–water partition coefficient (Wildman–Crippen LogP) is 3.22. The number of benzene rings is 1. The van der Waals surface area contributed by atoms with Crippen LogP contribution < -0.4 is 5.32 Å². The van der Waals surface area contributed by atoms with Gasteiger partial charge in [-0.25, -0.2) is 13.2 Å². The fourth-order valence-electron chi connectivity index (χ4n) is 0.893. The summed E-state index contributed by atoms with van der Waals surface area (Å²) in [5.74, 6) is -4.87. The Labute approximate surface area is 99.0 Å². The molecule has 0 atom stereocenters. The van der Waals surface area contributed by atoms with E-state index in [1.807, 2.05) is 0 Å². The molecule has 0 spiro atoms. The van der Waals surface area contributed by atoms with Gasteiger partial charge in [0.1, 0.15) is 0 Å². The largest absolute Gasteiger partial charge is 0.322 e. The van der Waals surface area contributed by atoms with Gasteiger partial charge in [-0.2, -0.15) is 0 Å². The Hall–Kier alpha value is -1.04. The van der Waals surface area contributed by atoms with Gasteiger partial charge in [-0.1, -0.05) is 15.9 Å². The number of rotatable bonds is 2. The third-order valence-corrected chi connectivity index (χ3v) is 2.18. The highest BCUT2D eigenvalue weighted by Gasteiger charge is 2.25. The molecule has 0 aliphatic rings. The summed E-state index contributed by atoms with van der Waals surface area (Å²) in [7, 11) is 0. The maximum atomic E-state index is 13.2. The third kappa shape index (κ3) is 2.75. The molecule has 1 aromatic carbocycles. The number of nitrogens with one attached hydrogen (secondary N) is 1. The van der Waals surface area contributed by atoms with Gasteiger partial charge in [0.15, 0.2) is 17.5 Å². The molecule has 88 valence electrons. The second-order valence-electron chi connectivity index (χ2n) is 3.65. The molecule has 0 unspecified atom stereocenters. The molecule has 1 aromatic rings. The number of halogens is 4. The zero-order valence-corrected chi connectivity index (χ0v) is 10.2. The SMILES string of the molecule is CC(C)(Br)C(=O)Nc1ccc(F)c(F)c1F. The van der Waals surface area contributed by atoms with Crippen LogP contribution in [0.4, 0.5) is 18.9 Å². The average Bonchev–Trinajstić information content (AvgIpc) is 2.17. The van der Waals surface area contributed by atoms with Gasteiger partial charge in [-0.15, -0.1) is 0 Å².